The van der Waals surface area contributed by atoms with Crippen molar-refractivity contribution in [2.75, 3.05) is 12.4 Å². The van der Waals surface area contributed by atoms with E-state index in [1.54, 1.807) is 31.3 Å². The molecule has 0 saturated heterocycles. The van der Waals surface area contributed by atoms with Gasteiger partial charge in [-0.15, -0.1) is 0 Å². The summed E-state index contributed by atoms with van der Waals surface area (Å²) in [5.41, 5.74) is 0.607. The Morgan fingerprint density at radius 2 is 1.71 bits per heavy atom. The van der Waals surface area contributed by atoms with E-state index in [9.17, 15) is 8.42 Å². The van der Waals surface area contributed by atoms with Gasteiger partial charge >= 0.3 is 0 Å². The lowest BCUT2D eigenvalue weighted by molar-refractivity contribution is 0.476. The summed E-state index contributed by atoms with van der Waals surface area (Å²) in [6.45, 7) is 5.83. The fourth-order valence-electron chi connectivity index (χ4n) is 1.35. The fraction of sp³-hybridized carbons (Fsp3) is 0.500. The van der Waals surface area contributed by atoms with Crippen LogP contribution in [0, 0.1) is 5.92 Å². The number of anilines is 1. The average Bonchev–Trinajstić information content (AvgIpc) is 2.28. The summed E-state index contributed by atoms with van der Waals surface area (Å²) in [4.78, 5) is 0.287. The topological polar surface area (TPSA) is 58.2 Å². The van der Waals surface area contributed by atoms with Gasteiger partial charge in [0.1, 0.15) is 4.90 Å². The van der Waals surface area contributed by atoms with Crippen LogP contribution in [0.4, 0.5) is 5.69 Å². The summed E-state index contributed by atoms with van der Waals surface area (Å²) in [7, 11) is -1.75. The summed E-state index contributed by atoms with van der Waals surface area (Å²) in [5, 5.41) is 2.88. The number of hydrogen-bond donors (Lipinski definition) is 2. The van der Waals surface area contributed by atoms with Gasteiger partial charge in [-0.1, -0.05) is 26.0 Å². The normalized spacial score (nSPS) is 13.7. The van der Waals surface area contributed by atoms with Crippen LogP contribution in [0.5, 0.6) is 0 Å². The van der Waals surface area contributed by atoms with Crippen LogP contribution in [0.2, 0.25) is 0 Å². The van der Waals surface area contributed by atoms with E-state index >= 15 is 0 Å². The highest BCUT2D eigenvalue weighted by Crippen LogP contribution is 2.20. The number of nitrogens with one attached hydrogen (secondary N) is 2. The smallest absolute Gasteiger partial charge is 0.242 e. The lowest BCUT2D eigenvalue weighted by Gasteiger charge is -2.18. The van der Waals surface area contributed by atoms with Crippen LogP contribution in [0.3, 0.4) is 0 Å². The molecule has 0 radical (unpaired) electrons. The first-order chi connectivity index (χ1) is 7.88. The van der Waals surface area contributed by atoms with Crippen LogP contribution in [0.25, 0.3) is 0 Å². The Kier molecular flexibility index (Phi) is 4.54. The van der Waals surface area contributed by atoms with Crippen molar-refractivity contribution in [1.82, 2.24) is 4.72 Å². The van der Waals surface area contributed by atoms with Gasteiger partial charge in [-0.05, 0) is 25.0 Å². The van der Waals surface area contributed by atoms with Crippen LogP contribution in [-0.2, 0) is 10.0 Å². The molecule has 17 heavy (non-hydrogen) atoms. The molecule has 5 heteroatoms. The van der Waals surface area contributed by atoms with Gasteiger partial charge in [0.05, 0.1) is 5.69 Å². The van der Waals surface area contributed by atoms with Crippen LogP contribution in [-0.4, -0.2) is 21.5 Å². The lowest BCUT2D eigenvalue weighted by atomic mass is 10.1. The van der Waals surface area contributed by atoms with E-state index in [2.05, 4.69) is 10.0 Å². The third kappa shape index (κ3) is 3.44. The Morgan fingerprint density at radius 1 is 1.12 bits per heavy atom. The molecular weight excluding hydrogens is 236 g/mol. The molecule has 0 aliphatic rings. The van der Waals surface area contributed by atoms with Crippen molar-refractivity contribution in [3.05, 3.63) is 24.3 Å². The molecule has 1 unspecified atom stereocenters. The number of sulfonamides is 1. The van der Waals surface area contributed by atoms with Crippen molar-refractivity contribution in [2.24, 2.45) is 5.92 Å². The van der Waals surface area contributed by atoms with E-state index in [-0.39, 0.29) is 16.9 Å². The van der Waals surface area contributed by atoms with Crippen LogP contribution >= 0.6 is 0 Å². The number of para-hydroxylation sites is 1. The predicted molar refractivity (Wildman–Crippen MR) is 70.6 cm³/mol. The van der Waals surface area contributed by atoms with Crippen molar-refractivity contribution in [1.29, 1.82) is 0 Å². The second-order valence-electron chi connectivity index (χ2n) is 4.40. The van der Waals surface area contributed by atoms with Crippen molar-refractivity contribution in [3.8, 4) is 0 Å². The van der Waals surface area contributed by atoms with E-state index in [0.717, 1.165) is 0 Å². The molecule has 1 rings (SSSR count). The first kappa shape index (κ1) is 14.0. The summed E-state index contributed by atoms with van der Waals surface area (Å²) in [6, 6.07) is 6.77. The monoisotopic (exact) mass is 256 g/mol. The molecular formula is C12H20N2O2S. The van der Waals surface area contributed by atoms with Crippen molar-refractivity contribution in [3.63, 3.8) is 0 Å². The van der Waals surface area contributed by atoms with E-state index in [4.69, 9.17) is 0 Å². The Bertz CT molecular complexity index is 469. The average molecular weight is 256 g/mol. The number of benzene rings is 1. The van der Waals surface area contributed by atoms with Gasteiger partial charge in [-0.2, -0.15) is 0 Å². The van der Waals surface area contributed by atoms with Crippen molar-refractivity contribution in [2.45, 2.75) is 31.7 Å². The van der Waals surface area contributed by atoms with Gasteiger partial charge in [-0.3, -0.25) is 0 Å². The minimum atomic E-state index is -3.46. The molecule has 0 bridgehead atoms. The third-order valence-electron chi connectivity index (χ3n) is 2.79. The Labute approximate surface area is 103 Å². The van der Waals surface area contributed by atoms with Crippen molar-refractivity contribution < 1.29 is 8.42 Å². The summed E-state index contributed by atoms with van der Waals surface area (Å²) in [6.07, 6.45) is 0. The molecule has 96 valence electrons. The van der Waals surface area contributed by atoms with Gasteiger partial charge in [0.15, 0.2) is 0 Å². The van der Waals surface area contributed by atoms with E-state index in [0.29, 0.717) is 5.69 Å². The summed E-state index contributed by atoms with van der Waals surface area (Å²) >= 11 is 0. The maximum absolute atomic E-state index is 12.2. The fourth-order valence-corrected chi connectivity index (χ4v) is 2.96. The van der Waals surface area contributed by atoms with Crippen molar-refractivity contribution >= 4 is 15.7 Å². The highest BCUT2D eigenvalue weighted by Gasteiger charge is 2.21. The maximum atomic E-state index is 12.2. The van der Waals surface area contributed by atoms with Crippen LogP contribution in [0.1, 0.15) is 20.8 Å². The molecule has 0 spiro atoms. The van der Waals surface area contributed by atoms with E-state index in [1.165, 1.54) is 0 Å². The molecule has 0 fully saturated rings. The Morgan fingerprint density at radius 3 is 2.24 bits per heavy atom. The second kappa shape index (κ2) is 5.51. The standard InChI is InChI=1S/C12H20N2O2S/c1-9(2)10(3)14-17(15,16)12-8-6-5-7-11(12)13-4/h5-10,13-14H,1-4H3. The van der Waals surface area contributed by atoms with Gasteiger partial charge < -0.3 is 5.32 Å². The van der Waals surface area contributed by atoms with Gasteiger partial charge in [0.2, 0.25) is 10.0 Å². The quantitative estimate of drug-likeness (QED) is 0.847. The molecule has 1 aromatic rings. The maximum Gasteiger partial charge on any atom is 0.242 e. The zero-order chi connectivity index (χ0) is 13.1. The van der Waals surface area contributed by atoms with Crippen LogP contribution < -0.4 is 10.0 Å². The molecule has 0 saturated carbocycles. The molecule has 2 N–H and O–H groups in total. The molecule has 1 atom stereocenters. The first-order valence-electron chi connectivity index (χ1n) is 5.67. The Balaban J connectivity index is 3.05. The molecule has 0 aromatic heterocycles. The van der Waals surface area contributed by atoms with Crippen LogP contribution in [0.15, 0.2) is 29.2 Å². The second-order valence-corrected chi connectivity index (χ2v) is 6.08. The first-order valence-corrected chi connectivity index (χ1v) is 7.16. The SMILES string of the molecule is CNc1ccccc1S(=O)(=O)NC(C)C(C)C. The summed E-state index contributed by atoms with van der Waals surface area (Å²) < 4.78 is 27.0. The molecule has 4 nitrogen and oxygen atoms in total. The Hall–Kier alpha value is -1.07. The van der Waals surface area contributed by atoms with Gasteiger partial charge in [0.25, 0.3) is 0 Å². The highest BCUT2D eigenvalue weighted by atomic mass is 32.2. The zero-order valence-electron chi connectivity index (χ0n) is 10.7. The van der Waals surface area contributed by atoms with Gasteiger partial charge in [0, 0.05) is 13.1 Å². The number of rotatable bonds is 5. The molecule has 0 amide bonds. The largest absolute Gasteiger partial charge is 0.387 e. The third-order valence-corrected chi connectivity index (χ3v) is 4.40. The molecule has 0 aliphatic carbocycles. The minimum Gasteiger partial charge on any atom is -0.387 e. The lowest BCUT2D eigenvalue weighted by Crippen LogP contribution is -2.36. The summed E-state index contributed by atoms with van der Waals surface area (Å²) in [5.74, 6) is 0.256. The molecule has 0 heterocycles. The predicted octanol–water partition coefficient (Wildman–Crippen LogP) is 2.05. The minimum absolute atomic E-state index is 0.0927. The van der Waals surface area contributed by atoms with Gasteiger partial charge in [-0.25, -0.2) is 13.1 Å². The van der Waals surface area contributed by atoms with E-state index < -0.39 is 10.0 Å². The molecule has 1 aromatic carbocycles. The zero-order valence-corrected chi connectivity index (χ0v) is 11.5. The molecule has 0 aliphatic heterocycles. The number of hydrogen-bond acceptors (Lipinski definition) is 3. The highest BCUT2D eigenvalue weighted by molar-refractivity contribution is 7.89. The van der Waals surface area contributed by atoms with E-state index in [1.807, 2.05) is 20.8 Å².